The Morgan fingerprint density at radius 1 is 1.14 bits per heavy atom. The lowest BCUT2D eigenvalue weighted by Crippen LogP contribution is -2.18. The van der Waals surface area contributed by atoms with Crippen LogP contribution >= 0.6 is 0 Å². The van der Waals surface area contributed by atoms with Gasteiger partial charge >= 0.3 is 0 Å². The Morgan fingerprint density at radius 3 is 2.86 bits per heavy atom. The van der Waals surface area contributed by atoms with Gasteiger partial charge in [0.25, 0.3) is 0 Å². The van der Waals surface area contributed by atoms with Gasteiger partial charge < -0.3 is 4.74 Å². The Balaban J connectivity index is 1.49. The summed E-state index contributed by atoms with van der Waals surface area (Å²) in [5.41, 5.74) is 1.02. The lowest BCUT2D eigenvalue weighted by Gasteiger charge is -2.22. The number of para-hydroxylation sites is 1. The average Bonchev–Trinajstić information content (AvgIpc) is 3.02. The van der Waals surface area contributed by atoms with Gasteiger partial charge in [0.05, 0.1) is 11.8 Å². The Kier molecular flexibility index (Phi) is 4.94. The fourth-order valence-electron chi connectivity index (χ4n) is 2.82. The van der Waals surface area contributed by atoms with Gasteiger partial charge in [-0.2, -0.15) is 4.68 Å². The lowest BCUT2D eigenvalue weighted by molar-refractivity contribution is 0.00985. The average molecular weight is 286 g/mol. The van der Waals surface area contributed by atoms with Gasteiger partial charge in [0.1, 0.15) is 0 Å². The van der Waals surface area contributed by atoms with Crippen molar-refractivity contribution < 1.29 is 4.74 Å². The fourth-order valence-corrected chi connectivity index (χ4v) is 2.82. The van der Waals surface area contributed by atoms with Crippen LogP contribution in [-0.4, -0.2) is 32.9 Å². The number of hydrogen-bond donors (Lipinski definition) is 0. The molecule has 0 N–H and O–H groups in total. The molecule has 1 unspecified atom stereocenters. The summed E-state index contributed by atoms with van der Waals surface area (Å²) in [5, 5.41) is 12.0. The van der Waals surface area contributed by atoms with E-state index < -0.39 is 0 Å². The van der Waals surface area contributed by atoms with Crippen molar-refractivity contribution in [3.8, 4) is 5.69 Å². The van der Waals surface area contributed by atoms with Crippen LogP contribution in [-0.2, 0) is 11.2 Å². The molecule has 5 heteroatoms. The minimum absolute atomic E-state index is 0.476. The second-order valence-electron chi connectivity index (χ2n) is 5.58. The minimum atomic E-state index is 0.476. The molecule has 0 saturated carbocycles. The van der Waals surface area contributed by atoms with E-state index in [1.165, 1.54) is 25.7 Å². The van der Waals surface area contributed by atoms with Crippen LogP contribution in [0.25, 0.3) is 5.69 Å². The maximum Gasteiger partial charge on any atom is 0.156 e. The monoisotopic (exact) mass is 286 g/mol. The van der Waals surface area contributed by atoms with Gasteiger partial charge in [0.2, 0.25) is 0 Å². The molecular formula is C16H22N4O. The highest BCUT2D eigenvalue weighted by atomic mass is 16.5. The van der Waals surface area contributed by atoms with E-state index in [1.54, 1.807) is 0 Å². The SMILES string of the molecule is c1ccc(-n2nnnc2CCCCC2CCCCO2)cc1. The van der Waals surface area contributed by atoms with Gasteiger partial charge in [0, 0.05) is 13.0 Å². The summed E-state index contributed by atoms with van der Waals surface area (Å²) in [4.78, 5) is 0. The van der Waals surface area contributed by atoms with Gasteiger partial charge in [0.15, 0.2) is 5.82 Å². The Labute approximate surface area is 125 Å². The maximum absolute atomic E-state index is 5.76. The molecule has 3 rings (SSSR count). The van der Waals surface area contributed by atoms with E-state index in [9.17, 15) is 0 Å². The minimum Gasteiger partial charge on any atom is -0.378 e. The van der Waals surface area contributed by atoms with E-state index in [1.807, 2.05) is 35.0 Å². The van der Waals surface area contributed by atoms with Gasteiger partial charge in [-0.1, -0.05) is 24.6 Å². The number of aromatic nitrogens is 4. The van der Waals surface area contributed by atoms with Crippen molar-refractivity contribution in [1.29, 1.82) is 0 Å². The van der Waals surface area contributed by atoms with Crippen molar-refractivity contribution in [2.24, 2.45) is 0 Å². The van der Waals surface area contributed by atoms with Crippen LogP contribution < -0.4 is 0 Å². The van der Waals surface area contributed by atoms with Crippen LogP contribution in [0.5, 0.6) is 0 Å². The number of unbranched alkanes of at least 4 members (excludes halogenated alkanes) is 1. The third-order valence-corrected chi connectivity index (χ3v) is 3.99. The molecule has 21 heavy (non-hydrogen) atoms. The third kappa shape index (κ3) is 3.88. The van der Waals surface area contributed by atoms with Crippen molar-refractivity contribution in [3.05, 3.63) is 36.2 Å². The summed E-state index contributed by atoms with van der Waals surface area (Å²) < 4.78 is 7.59. The van der Waals surface area contributed by atoms with Crippen LogP contribution in [0.4, 0.5) is 0 Å². The molecule has 1 aromatic carbocycles. The molecule has 0 aliphatic carbocycles. The van der Waals surface area contributed by atoms with Gasteiger partial charge in [-0.15, -0.1) is 5.10 Å². The number of rotatable bonds is 6. The lowest BCUT2D eigenvalue weighted by atomic mass is 10.0. The van der Waals surface area contributed by atoms with Gasteiger partial charge in [-0.3, -0.25) is 0 Å². The highest BCUT2D eigenvalue weighted by Gasteiger charge is 2.13. The summed E-state index contributed by atoms with van der Waals surface area (Å²) in [6.45, 7) is 0.941. The molecule has 1 fully saturated rings. The number of hydrogen-bond acceptors (Lipinski definition) is 4. The fraction of sp³-hybridized carbons (Fsp3) is 0.562. The quantitative estimate of drug-likeness (QED) is 0.766. The topological polar surface area (TPSA) is 52.8 Å². The normalized spacial score (nSPS) is 18.8. The number of nitrogens with zero attached hydrogens (tertiary/aromatic N) is 4. The van der Waals surface area contributed by atoms with Crippen molar-refractivity contribution in [2.75, 3.05) is 6.61 Å². The smallest absolute Gasteiger partial charge is 0.156 e. The molecular weight excluding hydrogens is 264 g/mol. The van der Waals surface area contributed by atoms with E-state index in [0.29, 0.717) is 6.10 Å². The number of benzene rings is 1. The molecule has 2 aromatic rings. The molecule has 1 saturated heterocycles. The van der Waals surface area contributed by atoms with E-state index in [0.717, 1.165) is 37.4 Å². The highest BCUT2D eigenvalue weighted by Crippen LogP contribution is 2.18. The van der Waals surface area contributed by atoms with Crippen LogP contribution in [0, 0.1) is 0 Å². The standard InChI is InChI=1S/C16H22N4O/c1-2-8-14(9-3-1)20-16(17-18-19-20)12-5-4-10-15-11-6-7-13-21-15/h1-3,8-9,15H,4-7,10-13H2. The summed E-state index contributed by atoms with van der Waals surface area (Å²) >= 11 is 0. The zero-order valence-corrected chi connectivity index (χ0v) is 12.3. The predicted octanol–water partition coefficient (Wildman–Crippen LogP) is 2.94. The summed E-state index contributed by atoms with van der Waals surface area (Å²) in [5.74, 6) is 0.936. The number of aryl methyl sites for hydroxylation is 1. The Bertz CT molecular complexity index is 534. The van der Waals surface area contributed by atoms with E-state index in [4.69, 9.17) is 4.74 Å². The van der Waals surface area contributed by atoms with E-state index in [-0.39, 0.29) is 0 Å². The van der Waals surface area contributed by atoms with Gasteiger partial charge in [-0.25, -0.2) is 0 Å². The molecule has 1 aromatic heterocycles. The molecule has 5 nitrogen and oxygen atoms in total. The maximum atomic E-state index is 5.76. The van der Waals surface area contributed by atoms with Gasteiger partial charge in [-0.05, 0) is 54.7 Å². The van der Waals surface area contributed by atoms with E-state index in [2.05, 4.69) is 15.5 Å². The first-order valence-electron chi connectivity index (χ1n) is 7.88. The second kappa shape index (κ2) is 7.31. The zero-order chi connectivity index (χ0) is 14.3. The molecule has 1 aliphatic heterocycles. The Morgan fingerprint density at radius 2 is 2.05 bits per heavy atom. The predicted molar refractivity (Wildman–Crippen MR) is 80.3 cm³/mol. The van der Waals surface area contributed by atoms with Crippen molar-refractivity contribution in [3.63, 3.8) is 0 Å². The highest BCUT2D eigenvalue weighted by molar-refractivity contribution is 5.30. The van der Waals surface area contributed by atoms with E-state index >= 15 is 0 Å². The first kappa shape index (κ1) is 14.2. The van der Waals surface area contributed by atoms with Crippen molar-refractivity contribution in [1.82, 2.24) is 20.2 Å². The largest absolute Gasteiger partial charge is 0.378 e. The third-order valence-electron chi connectivity index (χ3n) is 3.99. The van der Waals surface area contributed by atoms with Crippen LogP contribution in [0.2, 0.25) is 0 Å². The van der Waals surface area contributed by atoms with Crippen LogP contribution in [0.3, 0.4) is 0 Å². The second-order valence-corrected chi connectivity index (χ2v) is 5.58. The molecule has 112 valence electrons. The number of ether oxygens (including phenoxy) is 1. The zero-order valence-electron chi connectivity index (χ0n) is 12.3. The molecule has 1 atom stereocenters. The summed E-state index contributed by atoms with van der Waals surface area (Å²) in [6, 6.07) is 10.0. The number of tetrazole rings is 1. The van der Waals surface area contributed by atoms with Crippen molar-refractivity contribution >= 4 is 0 Å². The van der Waals surface area contributed by atoms with Crippen LogP contribution in [0.15, 0.2) is 30.3 Å². The van der Waals surface area contributed by atoms with Crippen LogP contribution in [0.1, 0.15) is 44.3 Å². The first-order valence-corrected chi connectivity index (χ1v) is 7.88. The van der Waals surface area contributed by atoms with Crippen molar-refractivity contribution in [2.45, 2.75) is 51.0 Å². The summed E-state index contributed by atoms with van der Waals surface area (Å²) in [6.07, 6.45) is 8.59. The molecule has 0 spiro atoms. The molecule has 0 amide bonds. The molecule has 0 radical (unpaired) electrons. The first-order chi connectivity index (χ1) is 10.4. The summed E-state index contributed by atoms with van der Waals surface area (Å²) in [7, 11) is 0. The molecule has 2 heterocycles. The Hall–Kier alpha value is -1.75. The molecule has 1 aliphatic rings. The molecule has 0 bridgehead atoms.